The molecule has 0 unspecified atom stereocenters. The number of ether oxygens (including phenoxy) is 2. The number of allylic oxidation sites excluding steroid dienone is 2. The van der Waals surface area contributed by atoms with Gasteiger partial charge in [-0.1, -0.05) is 35.9 Å². The van der Waals surface area contributed by atoms with Gasteiger partial charge < -0.3 is 18.9 Å². The zero-order valence-corrected chi connectivity index (χ0v) is 19.6. The highest BCUT2D eigenvalue weighted by molar-refractivity contribution is 6.30. The number of halogens is 1. The van der Waals surface area contributed by atoms with E-state index >= 15 is 0 Å². The first kappa shape index (κ1) is 22.6. The number of benzene rings is 2. The quantitative estimate of drug-likeness (QED) is 0.511. The summed E-state index contributed by atoms with van der Waals surface area (Å²) in [6.45, 7) is 4.04. The maximum absolute atomic E-state index is 13.0. The fourth-order valence-corrected chi connectivity index (χ4v) is 4.56. The first-order chi connectivity index (χ1) is 15.9. The van der Waals surface area contributed by atoms with Gasteiger partial charge in [0.1, 0.15) is 6.67 Å². The van der Waals surface area contributed by atoms with Gasteiger partial charge in [-0.2, -0.15) is 0 Å². The molecular formula is C25H24ClN3O4. The Kier molecular flexibility index (Phi) is 6.24. The molecule has 0 spiro atoms. The number of nitrogens with zero attached hydrogens (tertiary/aromatic N) is 3. The van der Waals surface area contributed by atoms with Gasteiger partial charge in [0.2, 0.25) is 0 Å². The first-order valence-electron chi connectivity index (χ1n) is 10.4. The predicted molar refractivity (Wildman–Crippen MR) is 125 cm³/mol. The van der Waals surface area contributed by atoms with Crippen molar-refractivity contribution >= 4 is 34.6 Å². The largest absolute Gasteiger partial charge is 0.466 e. The van der Waals surface area contributed by atoms with Gasteiger partial charge in [0.25, 0.3) is 0 Å². The molecule has 1 aliphatic rings. The molecule has 0 saturated heterocycles. The summed E-state index contributed by atoms with van der Waals surface area (Å²) in [6.07, 6.45) is 1.74. The van der Waals surface area contributed by atoms with Crippen molar-refractivity contribution in [3.63, 3.8) is 0 Å². The highest BCUT2D eigenvalue weighted by Gasteiger charge is 2.40. The minimum absolute atomic E-state index is 0.349. The van der Waals surface area contributed by atoms with Gasteiger partial charge in [-0.3, -0.25) is 0 Å². The number of fused-ring (bicyclic) bond motifs is 1. The minimum Gasteiger partial charge on any atom is -0.466 e. The summed E-state index contributed by atoms with van der Waals surface area (Å²) in [5, 5.41) is 0.503. The first-order valence-corrected chi connectivity index (χ1v) is 10.8. The van der Waals surface area contributed by atoms with E-state index in [4.69, 9.17) is 21.1 Å². The Labute approximate surface area is 196 Å². The number of rotatable bonds is 5. The van der Waals surface area contributed by atoms with Crippen LogP contribution in [0.2, 0.25) is 5.02 Å². The lowest BCUT2D eigenvalue weighted by Crippen LogP contribution is -2.36. The molecule has 1 aliphatic heterocycles. The second-order valence-corrected chi connectivity index (χ2v) is 8.18. The van der Waals surface area contributed by atoms with E-state index in [0.717, 1.165) is 11.0 Å². The van der Waals surface area contributed by atoms with Crippen LogP contribution in [0, 0.1) is 0 Å². The van der Waals surface area contributed by atoms with Gasteiger partial charge in [-0.05, 0) is 43.7 Å². The number of hydrogen-bond acceptors (Lipinski definition) is 6. The smallest absolute Gasteiger partial charge is 0.336 e. The van der Waals surface area contributed by atoms with Gasteiger partial charge in [-0.25, -0.2) is 14.6 Å². The normalized spacial score (nSPS) is 14.8. The Hall–Kier alpha value is -3.58. The van der Waals surface area contributed by atoms with Crippen LogP contribution in [0.3, 0.4) is 0 Å². The summed E-state index contributed by atoms with van der Waals surface area (Å²) < 4.78 is 12.2. The number of methoxy groups -OCH3 is 2. The number of carbonyl (C=O) groups excluding carboxylic acids is 2. The van der Waals surface area contributed by atoms with Crippen molar-refractivity contribution in [1.82, 2.24) is 14.5 Å². The molecular weight excluding hydrogens is 442 g/mol. The molecule has 0 atom stereocenters. The Morgan fingerprint density at radius 2 is 1.61 bits per heavy atom. The van der Waals surface area contributed by atoms with Gasteiger partial charge in [0, 0.05) is 16.4 Å². The van der Waals surface area contributed by atoms with E-state index in [-0.39, 0.29) is 0 Å². The SMILES string of the molecule is COC(=O)C1=C(C)N(Cn2cnc3ccccc32)C(C)=C(C(=O)OC)C1c1cccc(Cl)c1. The monoisotopic (exact) mass is 465 g/mol. The van der Waals surface area contributed by atoms with E-state index in [9.17, 15) is 9.59 Å². The highest BCUT2D eigenvalue weighted by atomic mass is 35.5. The topological polar surface area (TPSA) is 73.7 Å². The fourth-order valence-electron chi connectivity index (χ4n) is 4.36. The molecule has 8 heteroatoms. The van der Waals surface area contributed by atoms with Crippen LogP contribution in [0.4, 0.5) is 0 Å². The van der Waals surface area contributed by atoms with Crippen molar-refractivity contribution in [2.75, 3.05) is 14.2 Å². The molecule has 2 aromatic carbocycles. The van der Waals surface area contributed by atoms with E-state index in [1.54, 1.807) is 24.5 Å². The molecule has 1 aromatic heterocycles. The van der Waals surface area contributed by atoms with Crippen molar-refractivity contribution in [1.29, 1.82) is 0 Å². The number of para-hydroxylation sites is 2. The van der Waals surface area contributed by atoms with Crippen molar-refractivity contribution in [2.24, 2.45) is 0 Å². The summed E-state index contributed by atoms with van der Waals surface area (Å²) in [4.78, 5) is 32.4. The van der Waals surface area contributed by atoms with Crippen LogP contribution in [0.25, 0.3) is 11.0 Å². The molecule has 170 valence electrons. The molecule has 3 aromatic rings. The second kappa shape index (κ2) is 9.11. The molecule has 0 saturated carbocycles. The van der Waals surface area contributed by atoms with Crippen LogP contribution in [-0.4, -0.2) is 40.6 Å². The third-order valence-electron chi connectivity index (χ3n) is 5.98. The molecule has 0 amide bonds. The fraction of sp³-hybridized carbons (Fsp3) is 0.240. The van der Waals surface area contributed by atoms with Gasteiger partial charge in [0.15, 0.2) is 0 Å². The van der Waals surface area contributed by atoms with E-state index < -0.39 is 17.9 Å². The summed E-state index contributed by atoms with van der Waals surface area (Å²) in [5.74, 6) is -1.72. The third kappa shape index (κ3) is 4.00. The summed E-state index contributed by atoms with van der Waals surface area (Å²) in [6, 6.07) is 14.9. The molecule has 0 aliphatic carbocycles. The van der Waals surface area contributed by atoms with Crippen LogP contribution in [-0.2, 0) is 25.7 Å². The van der Waals surface area contributed by atoms with Gasteiger partial charge in [-0.15, -0.1) is 0 Å². The lowest BCUT2D eigenvalue weighted by atomic mass is 9.80. The molecule has 4 rings (SSSR count). The van der Waals surface area contributed by atoms with E-state index in [0.29, 0.717) is 39.8 Å². The Balaban J connectivity index is 1.92. The molecule has 33 heavy (non-hydrogen) atoms. The van der Waals surface area contributed by atoms with Crippen LogP contribution < -0.4 is 0 Å². The summed E-state index contributed by atoms with van der Waals surface area (Å²) in [5.41, 5.74) is 4.56. The maximum atomic E-state index is 13.0. The molecule has 7 nitrogen and oxygen atoms in total. The van der Waals surface area contributed by atoms with E-state index in [1.807, 2.05) is 53.6 Å². The van der Waals surface area contributed by atoms with Crippen LogP contribution in [0.5, 0.6) is 0 Å². The van der Waals surface area contributed by atoms with E-state index in [2.05, 4.69) is 4.98 Å². The van der Waals surface area contributed by atoms with Gasteiger partial charge in [0.05, 0.1) is 48.6 Å². The van der Waals surface area contributed by atoms with Crippen LogP contribution in [0.1, 0.15) is 25.3 Å². The molecule has 0 fully saturated rings. The number of hydrogen-bond donors (Lipinski definition) is 0. The summed E-state index contributed by atoms with van der Waals surface area (Å²) in [7, 11) is 2.66. The zero-order chi connectivity index (χ0) is 23.7. The molecule has 0 bridgehead atoms. The molecule has 0 N–H and O–H groups in total. The zero-order valence-electron chi connectivity index (χ0n) is 18.8. The second-order valence-electron chi connectivity index (χ2n) is 7.74. The lowest BCUT2D eigenvalue weighted by molar-refractivity contribution is -0.137. The van der Waals surface area contributed by atoms with Crippen molar-refractivity contribution in [2.45, 2.75) is 26.4 Å². The third-order valence-corrected chi connectivity index (χ3v) is 6.22. The van der Waals surface area contributed by atoms with Crippen LogP contribution >= 0.6 is 11.6 Å². The molecule has 0 radical (unpaired) electrons. The highest BCUT2D eigenvalue weighted by Crippen LogP contribution is 2.43. The lowest BCUT2D eigenvalue weighted by Gasteiger charge is -2.38. The maximum Gasteiger partial charge on any atom is 0.336 e. The Morgan fingerprint density at radius 3 is 2.21 bits per heavy atom. The van der Waals surface area contributed by atoms with Crippen LogP contribution in [0.15, 0.2) is 77.4 Å². The number of carbonyl (C=O) groups is 2. The molecule has 2 heterocycles. The predicted octanol–water partition coefficient (Wildman–Crippen LogP) is 4.64. The summed E-state index contributed by atoms with van der Waals surface area (Å²) >= 11 is 6.25. The van der Waals surface area contributed by atoms with Crippen molar-refractivity contribution in [3.05, 3.63) is 88.0 Å². The van der Waals surface area contributed by atoms with Gasteiger partial charge >= 0.3 is 11.9 Å². The average molecular weight is 466 g/mol. The standard InChI is InChI=1S/C25H24ClN3O4/c1-15-21(24(30)32-3)23(17-8-7-9-18(26)12-17)22(25(31)33-4)16(2)29(15)14-28-13-27-19-10-5-6-11-20(19)28/h5-13,23H,14H2,1-4H3. The number of esters is 2. The van der Waals surface area contributed by atoms with Crippen molar-refractivity contribution in [3.8, 4) is 0 Å². The number of aromatic nitrogens is 2. The van der Waals surface area contributed by atoms with E-state index in [1.165, 1.54) is 14.2 Å². The minimum atomic E-state index is -0.681. The number of imidazole rings is 1. The average Bonchev–Trinajstić information content (AvgIpc) is 3.23. The Bertz CT molecular complexity index is 1270. The van der Waals surface area contributed by atoms with Crippen molar-refractivity contribution < 1.29 is 19.1 Å². The Morgan fingerprint density at radius 1 is 0.970 bits per heavy atom.